The highest BCUT2D eigenvalue weighted by Gasteiger charge is 2.26. The number of hydrogen-bond acceptors (Lipinski definition) is 1. The summed E-state index contributed by atoms with van der Waals surface area (Å²) < 4.78 is 0. The summed E-state index contributed by atoms with van der Waals surface area (Å²) in [5.41, 5.74) is 0. The van der Waals surface area contributed by atoms with Gasteiger partial charge in [-0.25, -0.2) is 9.90 Å². The van der Waals surface area contributed by atoms with Crippen molar-refractivity contribution in [1.29, 1.82) is 0 Å². The van der Waals surface area contributed by atoms with Crippen LogP contribution in [0.4, 0.5) is 0 Å². The fraction of sp³-hybridized carbons (Fsp3) is 0.900. The van der Waals surface area contributed by atoms with E-state index in [0.29, 0.717) is 0 Å². The fourth-order valence-corrected chi connectivity index (χ4v) is 2.10. The standard InChI is InChI=1S/C10H17O2/c1-2-3-8-4-6-9(7-5-8)10(11)12/h8-9H,2-7H2,1H3. The lowest BCUT2D eigenvalue weighted by Gasteiger charge is -2.24. The fourth-order valence-electron chi connectivity index (χ4n) is 2.10. The number of hydrogen-bond donors (Lipinski definition) is 0. The monoisotopic (exact) mass is 169 g/mol. The first-order valence-corrected chi connectivity index (χ1v) is 4.95. The maximum absolute atomic E-state index is 10.5. The number of carbonyl (C=O) groups excluding carboxylic acids is 1. The Hall–Kier alpha value is -0.530. The normalized spacial score (nSPS) is 30.1. The van der Waals surface area contributed by atoms with Gasteiger partial charge >= 0.3 is 5.97 Å². The van der Waals surface area contributed by atoms with Gasteiger partial charge in [-0.3, -0.25) is 0 Å². The van der Waals surface area contributed by atoms with Gasteiger partial charge in [0.15, 0.2) is 0 Å². The van der Waals surface area contributed by atoms with E-state index in [9.17, 15) is 9.90 Å². The van der Waals surface area contributed by atoms with Crippen molar-refractivity contribution in [1.82, 2.24) is 0 Å². The van der Waals surface area contributed by atoms with Crippen LogP contribution in [-0.2, 0) is 9.90 Å². The summed E-state index contributed by atoms with van der Waals surface area (Å²) >= 11 is 0. The van der Waals surface area contributed by atoms with Crippen molar-refractivity contribution in [3.8, 4) is 0 Å². The molecule has 1 saturated carbocycles. The van der Waals surface area contributed by atoms with E-state index in [1.807, 2.05) is 0 Å². The Morgan fingerprint density at radius 1 is 1.25 bits per heavy atom. The van der Waals surface area contributed by atoms with Gasteiger partial charge in [0.2, 0.25) is 0 Å². The van der Waals surface area contributed by atoms with Crippen molar-refractivity contribution in [2.75, 3.05) is 0 Å². The van der Waals surface area contributed by atoms with E-state index in [2.05, 4.69) is 6.92 Å². The second-order valence-electron chi connectivity index (χ2n) is 3.83. The van der Waals surface area contributed by atoms with Gasteiger partial charge in [-0.2, -0.15) is 0 Å². The molecule has 1 radical (unpaired) electrons. The summed E-state index contributed by atoms with van der Waals surface area (Å²) in [5, 5.41) is 10.5. The van der Waals surface area contributed by atoms with E-state index in [0.717, 1.165) is 31.6 Å². The lowest BCUT2D eigenvalue weighted by Crippen LogP contribution is -2.20. The van der Waals surface area contributed by atoms with Gasteiger partial charge in [0, 0.05) is 0 Å². The van der Waals surface area contributed by atoms with Crippen molar-refractivity contribution in [2.24, 2.45) is 11.8 Å². The maximum atomic E-state index is 10.5. The van der Waals surface area contributed by atoms with Crippen LogP contribution in [0.1, 0.15) is 45.4 Å². The molecule has 0 spiro atoms. The van der Waals surface area contributed by atoms with E-state index in [4.69, 9.17) is 0 Å². The summed E-state index contributed by atoms with van der Waals surface area (Å²) in [6.07, 6.45) is 6.35. The van der Waals surface area contributed by atoms with Crippen LogP contribution >= 0.6 is 0 Å². The molecule has 2 heteroatoms. The molecule has 0 aliphatic heterocycles. The van der Waals surface area contributed by atoms with Crippen molar-refractivity contribution in [3.63, 3.8) is 0 Å². The third-order valence-corrected chi connectivity index (χ3v) is 2.88. The molecule has 0 unspecified atom stereocenters. The van der Waals surface area contributed by atoms with Crippen LogP contribution in [0.2, 0.25) is 0 Å². The van der Waals surface area contributed by atoms with E-state index in [1.54, 1.807) is 0 Å². The molecule has 0 aromatic rings. The van der Waals surface area contributed by atoms with Crippen molar-refractivity contribution in [2.45, 2.75) is 45.4 Å². The molecule has 1 aliphatic rings. The minimum atomic E-state index is -0.843. The summed E-state index contributed by atoms with van der Waals surface area (Å²) in [6, 6.07) is 0. The van der Waals surface area contributed by atoms with E-state index in [-0.39, 0.29) is 5.92 Å². The zero-order valence-electron chi connectivity index (χ0n) is 7.71. The maximum Gasteiger partial charge on any atom is 0.358 e. The molecule has 0 aromatic heterocycles. The number of rotatable bonds is 3. The molecule has 69 valence electrons. The Morgan fingerprint density at radius 2 is 1.83 bits per heavy atom. The molecule has 0 heterocycles. The van der Waals surface area contributed by atoms with Gasteiger partial charge in [0.1, 0.15) is 0 Å². The molecule has 1 fully saturated rings. The van der Waals surface area contributed by atoms with Crippen LogP contribution in [0.5, 0.6) is 0 Å². The SMILES string of the molecule is CCCC1CCC(C([O])=O)CC1. The van der Waals surface area contributed by atoms with Crippen LogP contribution in [0.3, 0.4) is 0 Å². The second-order valence-corrected chi connectivity index (χ2v) is 3.83. The summed E-state index contributed by atoms with van der Waals surface area (Å²) in [6.45, 7) is 2.19. The average Bonchev–Trinajstić information content (AvgIpc) is 2.06. The molecule has 0 atom stereocenters. The van der Waals surface area contributed by atoms with Gasteiger partial charge in [-0.05, 0) is 31.6 Å². The lowest BCUT2D eigenvalue weighted by molar-refractivity contribution is -0.149. The highest BCUT2D eigenvalue weighted by molar-refractivity contribution is 5.69. The van der Waals surface area contributed by atoms with E-state index < -0.39 is 5.97 Å². The van der Waals surface area contributed by atoms with Crippen LogP contribution in [0.15, 0.2) is 0 Å². The molecule has 12 heavy (non-hydrogen) atoms. The largest absolute Gasteiger partial charge is 0.358 e. The highest BCUT2D eigenvalue weighted by atomic mass is 16.4. The van der Waals surface area contributed by atoms with Gasteiger partial charge < -0.3 is 0 Å². The Balaban J connectivity index is 2.25. The Bertz CT molecular complexity index is 146. The van der Waals surface area contributed by atoms with Crippen LogP contribution in [-0.4, -0.2) is 5.97 Å². The van der Waals surface area contributed by atoms with Crippen LogP contribution in [0, 0.1) is 11.8 Å². The predicted octanol–water partition coefficient (Wildman–Crippen LogP) is 2.55. The zero-order valence-corrected chi connectivity index (χ0v) is 7.71. The smallest absolute Gasteiger partial charge is 0.247 e. The average molecular weight is 169 g/mol. The van der Waals surface area contributed by atoms with Gasteiger partial charge in [-0.1, -0.05) is 19.8 Å². The second kappa shape index (κ2) is 4.48. The third-order valence-electron chi connectivity index (χ3n) is 2.88. The Kier molecular flexibility index (Phi) is 3.57. The molecular formula is C10H17O2. The molecule has 1 aliphatic carbocycles. The summed E-state index contributed by atoms with van der Waals surface area (Å²) in [4.78, 5) is 10.5. The van der Waals surface area contributed by atoms with Gasteiger partial charge in [-0.15, -0.1) is 0 Å². The predicted molar refractivity (Wildman–Crippen MR) is 46.0 cm³/mol. The van der Waals surface area contributed by atoms with Crippen molar-refractivity contribution < 1.29 is 9.90 Å². The third kappa shape index (κ3) is 2.50. The first-order chi connectivity index (χ1) is 5.74. The molecule has 0 N–H and O–H groups in total. The van der Waals surface area contributed by atoms with Crippen molar-refractivity contribution in [3.05, 3.63) is 0 Å². The minimum absolute atomic E-state index is 0.155. The van der Waals surface area contributed by atoms with E-state index >= 15 is 0 Å². The highest BCUT2D eigenvalue weighted by Crippen LogP contribution is 2.31. The summed E-state index contributed by atoms with van der Waals surface area (Å²) in [7, 11) is 0. The zero-order chi connectivity index (χ0) is 8.97. The molecule has 0 amide bonds. The molecule has 0 bridgehead atoms. The minimum Gasteiger partial charge on any atom is -0.247 e. The Labute approximate surface area is 74.0 Å². The Morgan fingerprint density at radius 3 is 2.25 bits per heavy atom. The quantitative estimate of drug-likeness (QED) is 0.639. The van der Waals surface area contributed by atoms with E-state index in [1.165, 1.54) is 12.8 Å². The molecule has 1 rings (SSSR count). The topological polar surface area (TPSA) is 37.0 Å². The van der Waals surface area contributed by atoms with Crippen LogP contribution < -0.4 is 0 Å². The first-order valence-electron chi connectivity index (χ1n) is 4.95. The van der Waals surface area contributed by atoms with Gasteiger partial charge in [0.25, 0.3) is 0 Å². The molecule has 0 aromatic carbocycles. The first kappa shape index (κ1) is 9.56. The van der Waals surface area contributed by atoms with Crippen molar-refractivity contribution >= 4 is 5.97 Å². The molecule has 2 nitrogen and oxygen atoms in total. The summed E-state index contributed by atoms with van der Waals surface area (Å²) in [5.74, 6) is -0.214. The van der Waals surface area contributed by atoms with Crippen LogP contribution in [0.25, 0.3) is 0 Å². The number of carbonyl (C=O) groups is 1. The lowest BCUT2D eigenvalue weighted by atomic mass is 9.80. The molecular weight excluding hydrogens is 152 g/mol. The van der Waals surface area contributed by atoms with Gasteiger partial charge in [0.05, 0.1) is 5.92 Å². The molecule has 0 saturated heterocycles.